The van der Waals surface area contributed by atoms with E-state index in [1.807, 2.05) is 0 Å². The van der Waals surface area contributed by atoms with Crippen molar-refractivity contribution in [2.45, 2.75) is 19.9 Å². The van der Waals surface area contributed by atoms with Crippen LogP contribution in [0.2, 0.25) is 0 Å². The van der Waals surface area contributed by atoms with Crippen LogP contribution in [-0.2, 0) is 4.79 Å². The van der Waals surface area contributed by atoms with E-state index in [1.165, 1.54) is 19.2 Å². The highest BCUT2D eigenvalue weighted by Crippen LogP contribution is 2.21. The van der Waals surface area contributed by atoms with Crippen molar-refractivity contribution >= 4 is 11.9 Å². The Morgan fingerprint density at radius 3 is 2.47 bits per heavy atom. The minimum atomic E-state index is -1.17. The summed E-state index contributed by atoms with van der Waals surface area (Å²) >= 11 is 0. The smallest absolute Gasteiger partial charge is 0.326 e. The molecule has 0 aliphatic carbocycles. The first-order chi connectivity index (χ1) is 8.88. The largest absolute Gasteiger partial charge is 0.496 e. The Morgan fingerprint density at radius 1 is 1.37 bits per heavy atom. The summed E-state index contributed by atoms with van der Waals surface area (Å²) in [6.45, 7) is 3.30. The number of carboxylic acid groups (broad SMARTS) is 1. The summed E-state index contributed by atoms with van der Waals surface area (Å²) in [5.41, 5.74) is -0.295. The number of carboxylic acids is 1. The molecule has 2 N–H and O–H groups in total. The van der Waals surface area contributed by atoms with Crippen LogP contribution in [0.4, 0.5) is 4.39 Å². The molecule has 0 saturated heterocycles. The molecule has 5 nitrogen and oxygen atoms in total. The number of hydrogen-bond donors (Lipinski definition) is 2. The van der Waals surface area contributed by atoms with Crippen molar-refractivity contribution < 1.29 is 23.8 Å². The van der Waals surface area contributed by atoms with Crippen LogP contribution in [0.25, 0.3) is 0 Å². The van der Waals surface area contributed by atoms with Crippen molar-refractivity contribution in [1.29, 1.82) is 0 Å². The van der Waals surface area contributed by atoms with E-state index in [9.17, 15) is 14.0 Å². The van der Waals surface area contributed by atoms with Crippen molar-refractivity contribution in [1.82, 2.24) is 5.32 Å². The Kier molecular flexibility index (Phi) is 4.86. The molecule has 0 aromatic heterocycles. The number of ether oxygens (including phenoxy) is 1. The summed E-state index contributed by atoms with van der Waals surface area (Å²) in [7, 11) is 1.31. The van der Waals surface area contributed by atoms with E-state index in [1.54, 1.807) is 13.8 Å². The molecule has 1 aromatic carbocycles. The van der Waals surface area contributed by atoms with Crippen LogP contribution in [0.5, 0.6) is 5.75 Å². The number of benzene rings is 1. The zero-order valence-electron chi connectivity index (χ0n) is 10.9. The maximum Gasteiger partial charge on any atom is 0.326 e. The molecule has 19 heavy (non-hydrogen) atoms. The number of halogens is 1. The molecule has 0 fully saturated rings. The second kappa shape index (κ2) is 6.17. The van der Waals surface area contributed by atoms with Gasteiger partial charge in [0.15, 0.2) is 0 Å². The van der Waals surface area contributed by atoms with Crippen LogP contribution in [0, 0.1) is 11.7 Å². The molecule has 104 valence electrons. The summed E-state index contributed by atoms with van der Waals surface area (Å²) in [5.74, 6) is -3.00. The van der Waals surface area contributed by atoms with Crippen molar-refractivity contribution in [2.75, 3.05) is 7.11 Å². The van der Waals surface area contributed by atoms with Gasteiger partial charge in [-0.3, -0.25) is 4.79 Å². The first-order valence-corrected chi connectivity index (χ1v) is 5.74. The number of nitrogens with one attached hydrogen (secondary N) is 1. The quantitative estimate of drug-likeness (QED) is 0.852. The third-order valence-electron chi connectivity index (χ3n) is 2.64. The van der Waals surface area contributed by atoms with Gasteiger partial charge in [0.05, 0.1) is 7.11 Å². The van der Waals surface area contributed by atoms with Crippen molar-refractivity contribution in [3.63, 3.8) is 0 Å². The van der Waals surface area contributed by atoms with Crippen LogP contribution < -0.4 is 10.1 Å². The van der Waals surface area contributed by atoms with E-state index in [-0.39, 0.29) is 17.2 Å². The lowest BCUT2D eigenvalue weighted by Gasteiger charge is -2.18. The summed E-state index contributed by atoms with van der Waals surface area (Å²) in [6.07, 6.45) is 0. The molecule has 0 aliphatic rings. The zero-order valence-corrected chi connectivity index (χ0v) is 10.9. The molecule has 0 saturated carbocycles. The first-order valence-electron chi connectivity index (χ1n) is 5.74. The lowest BCUT2D eigenvalue weighted by molar-refractivity contribution is -0.140. The van der Waals surface area contributed by atoms with Gasteiger partial charge in [-0.1, -0.05) is 19.9 Å². The lowest BCUT2D eigenvalue weighted by Crippen LogP contribution is -2.44. The fourth-order valence-electron chi connectivity index (χ4n) is 1.62. The van der Waals surface area contributed by atoms with E-state index in [4.69, 9.17) is 9.84 Å². The molecule has 6 heteroatoms. The average Bonchev–Trinajstić information content (AvgIpc) is 2.34. The molecule has 0 spiro atoms. The van der Waals surface area contributed by atoms with Gasteiger partial charge in [0.2, 0.25) is 0 Å². The predicted octanol–water partition coefficient (Wildman–Crippen LogP) is 1.67. The average molecular weight is 269 g/mol. The summed E-state index contributed by atoms with van der Waals surface area (Å²) in [4.78, 5) is 23.0. The summed E-state index contributed by atoms with van der Waals surface area (Å²) in [6, 6.07) is 2.87. The van der Waals surface area contributed by atoms with E-state index >= 15 is 0 Å². The molecule has 0 radical (unpaired) electrons. The Labute approximate surface area is 110 Å². The zero-order chi connectivity index (χ0) is 14.6. The highest BCUT2D eigenvalue weighted by molar-refractivity contribution is 5.99. The standard InChI is InChI=1S/C13H16FNO4/c1-7(2)11(13(17)18)15-12(16)10-8(14)5-4-6-9(10)19-3/h4-7,11H,1-3H3,(H,15,16)(H,17,18). The van der Waals surface area contributed by atoms with Gasteiger partial charge in [-0.15, -0.1) is 0 Å². The van der Waals surface area contributed by atoms with Gasteiger partial charge < -0.3 is 15.2 Å². The first kappa shape index (κ1) is 14.9. The molecule has 1 aromatic rings. The summed E-state index contributed by atoms with van der Waals surface area (Å²) in [5, 5.41) is 11.3. The van der Waals surface area contributed by atoms with Gasteiger partial charge >= 0.3 is 5.97 Å². The third-order valence-corrected chi connectivity index (χ3v) is 2.64. The van der Waals surface area contributed by atoms with Gasteiger partial charge in [-0.25, -0.2) is 9.18 Å². The lowest BCUT2D eigenvalue weighted by atomic mass is 10.0. The molecule has 0 aliphatic heterocycles. The SMILES string of the molecule is COc1cccc(F)c1C(=O)NC(C(=O)O)C(C)C. The Morgan fingerprint density at radius 2 is 2.00 bits per heavy atom. The van der Waals surface area contributed by atoms with Gasteiger partial charge in [0.25, 0.3) is 5.91 Å². The Hall–Kier alpha value is -2.11. The van der Waals surface area contributed by atoms with Crippen LogP contribution in [0.15, 0.2) is 18.2 Å². The fraction of sp³-hybridized carbons (Fsp3) is 0.385. The van der Waals surface area contributed by atoms with Crippen molar-refractivity contribution in [3.8, 4) is 5.75 Å². The van der Waals surface area contributed by atoms with E-state index < -0.39 is 23.7 Å². The number of carbonyl (C=O) groups excluding carboxylic acids is 1. The Balaban J connectivity index is 3.04. The maximum absolute atomic E-state index is 13.7. The topological polar surface area (TPSA) is 75.6 Å². The van der Waals surface area contributed by atoms with Crippen LogP contribution in [0.1, 0.15) is 24.2 Å². The molecule has 1 atom stereocenters. The molecule has 0 bridgehead atoms. The van der Waals surface area contributed by atoms with E-state index in [0.717, 1.165) is 6.07 Å². The van der Waals surface area contributed by atoms with Gasteiger partial charge in [-0.05, 0) is 18.1 Å². The Bertz CT molecular complexity index is 488. The molecule has 1 amide bonds. The van der Waals surface area contributed by atoms with Crippen LogP contribution >= 0.6 is 0 Å². The minimum absolute atomic E-state index is 0.0606. The number of methoxy groups -OCH3 is 1. The monoisotopic (exact) mass is 269 g/mol. The fourth-order valence-corrected chi connectivity index (χ4v) is 1.62. The minimum Gasteiger partial charge on any atom is -0.496 e. The molecular weight excluding hydrogens is 253 g/mol. The number of carbonyl (C=O) groups is 2. The maximum atomic E-state index is 13.7. The molecule has 1 unspecified atom stereocenters. The highest BCUT2D eigenvalue weighted by atomic mass is 19.1. The number of rotatable bonds is 5. The van der Waals surface area contributed by atoms with Gasteiger partial charge in [0, 0.05) is 0 Å². The van der Waals surface area contributed by atoms with Gasteiger partial charge in [-0.2, -0.15) is 0 Å². The molecule has 1 rings (SSSR count). The molecule has 0 heterocycles. The second-order valence-electron chi connectivity index (χ2n) is 4.35. The molecular formula is C13H16FNO4. The van der Waals surface area contributed by atoms with Gasteiger partial charge in [0.1, 0.15) is 23.2 Å². The normalized spacial score (nSPS) is 12.1. The van der Waals surface area contributed by atoms with Crippen LogP contribution in [0.3, 0.4) is 0 Å². The number of hydrogen-bond acceptors (Lipinski definition) is 3. The van der Waals surface area contributed by atoms with E-state index in [2.05, 4.69) is 5.32 Å². The highest BCUT2D eigenvalue weighted by Gasteiger charge is 2.26. The third kappa shape index (κ3) is 3.43. The van der Waals surface area contributed by atoms with E-state index in [0.29, 0.717) is 0 Å². The van der Waals surface area contributed by atoms with Crippen molar-refractivity contribution in [3.05, 3.63) is 29.6 Å². The van der Waals surface area contributed by atoms with Crippen molar-refractivity contribution in [2.24, 2.45) is 5.92 Å². The second-order valence-corrected chi connectivity index (χ2v) is 4.35. The predicted molar refractivity (Wildman–Crippen MR) is 66.7 cm³/mol. The number of aliphatic carboxylic acids is 1. The number of amides is 1. The van der Waals surface area contributed by atoms with Crippen LogP contribution in [-0.4, -0.2) is 30.1 Å². The summed E-state index contributed by atoms with van der Waals surface area (Å²) < 4.78 is 18.6.